The number of benzene rings is 2. The molecule has 0 unspecified atom stereocenters. The fourth-order valence-electron chi connectivity index (χ4n) is 3.49. The average molecular weight is 344 g/mol. The summed E-state index contributed by atoms with van der Waals surface area (Å²) in [5.41, 5.74) is 7.43. The summed E-state index contributed by atoms with van der Waals surface area (Å²) in [7, 11) is 0. The summed E-state index contributed by atoms with van der Waals surface area (Å²) >= 11 is 3.53. The van der Waals surface area contributed by atoms with Gasteiger partial charge in [0.1, 0.15) is 0 Å². The molecule has 1 nitrogen and oxygen atoms in total. The zero-order chi connectivity index (χ0) is 15.0. The molecular formula is C19H22BrN. The molecule has 1 aliphatic rings. The van der Waals surface area contributed by atoms with E-state index in [1.54, 1.807) is 0 Å². The van der Waals surface area contributed by atoms with Crippen molar-refractivity contribution in [2.75, 3.05) is 13.1 Å². The molecule has 3 rings (SSSR count). The van der Waals surface area contributed by atoms with Crippen LogP contribution in [0.15, 0.2) is 40.9 Å². The van der Waals surface area contributed by atoms with Gasteiger partial charge < -0.3 is 5.32 Å². The van der Waals surface area contributed by atoms with E-state index in [1.807, 2.05) is 0 Å². The minimum atomic E-state index is 0.255. The van der Waals surface area contributed by atoms with Crippen LogP contribution in [0.3, 0.4) is 0 Å². The highest BCUT2D eigenvalue weighted by Gasteiger charge is 2.39. The quantitative estimate of drug-likeness (QED) is 0.867. The van der Waals surface area contributed by atoms with E-state index in [9.17, 15) is 0 Å². The molecule has 1 heterocycles. The molecule has 0 amide bonds. The summed E-state index contributed by atoms with van der Waals surface area (Å²) in [5.74, 6) is 0. The third kappa shape index (κ3) is 2.79. The van der Waals surface area contributed by atoms with Crippen LogP contribution in [0.5, 0.6) is 0 Å². The molecule has 1 fully saturated rings. The summed E-state index contributed by atoms with van der Waals surface area (Å²) in [6.07, 6.45) is 1.12. The third-order valence-electron chi connectivity index (χ3n) is 4.74. The zero-order valence-electron chi connectivity index (χ0n) is 13.0. The summed E-state index contributed by atoms with van der Waals surface area (Å²) in [6, 6.07) is 13.5. The van der Waals surface area contributed by atoms with Crippen LogP contribution in [-0.4, -0.2) is 13.1 Å². The lowest BCUT2D eigenvalue weighted by molar-refractivity contribution is 0.274. The first-order chi connectivity index (χ1) is 10.00. The minimum Gasteiger partial charge on any atom is -0.315 e. The Labute approximate surface area is 135 Å². The Bertz CT molecular complexity index is 631. The van der Waals surface area contributed by atoms with E-state index in [1.165, 1.54) is 27.8 Å². The Balaban J connectivity index is 1.97. The summed E-state index contributed by atoms with van der Waals surface area (Å²) in [5, 5.41) is 3.47. The normalized spacial score (nSPS) is 16.6. The molecule has 1 saturated heterocycles. The van der Waals surface area contributed by atoms with Crippen molar-refractivity contribution in [1.82, 2.24) is 5.32 Å². The van der Waals surface area contributed by atoms with Crippen LogP contribution in [-0.2, 0) is 11.8 Å². The van der Waals surface area contributed by atoms with Gasteiger partial charge in [0, 0.05) is 23.0 Å². The van der Waals surface area contributed by atoms with Gasteiger partial charge in [0.25, 0.3) is 0 Å². The van der Waals surface area contributed by atoms with Crippen molar-refractivity contribution in [3.8, 4) is 0 Å². The second-order valence-corrected chi connectivity index (χ2v) is 7.36. The fraction of sp³-hybridized carbons (Fsp3) is 0.368. The Morgan fingerprint density at radius 3 is 2.05 bits per heavy atom. The largest absolute Gasteiger partial charge is 0.315 e. The Morgan fingerprint density at radius 1 is 1.00 bits per heavy atom. The smallest absolute Gasteiger partial charge is 0.0243 e. The average Bonchev–Trinajstić information content (AvgIpc) is 2.37. The molecule has 2 heteroatoms. The van der Waals surface area contributed by atoms with Gasteiger partial charge in [-0.05, 0) is 61.6 Å². The SMILES string of the molecule is Cc1cc(C)c(CC2(c3ccc(Br)cc3)CNC2)c(C)c1. The molecule has 0 bridgehead atoms. The zero-order valence-corrected chi connectivity index (χ0v) is 14.5. The van der Waals surface area contributed by atoms with Crippen molar-refractivity contribution in [1.29, 1.82) is 0 Å². The van der Waals surface area contributed by atoms with Gasteiger partial charge in [0.15, 0.2) is 0 Å². The summed E-state index contributed by atoms with van der Waals surface area (Å²) in [6.45, 7) is 8.81. The van der Waals surface area contributed by atoms with Crippen molar-refractivity contribution in [3.63, 3.8) is 0 Å². The Hall–Kier alpha value is -1.12. The number of hydrogen-bond donors (Lipinski definition) is 1. The van der Waals surface area contributed by atoms with Gasteiger partial charge in [-0.1, -0.05) is 45.8 Å². The number of nitrogens with one attached hydrogen (secondary N) is 1. The monoisotopic (exact) mass is 343 g/mol. The summed E-state index contributed by atoms with van der Waals surface area (Å²) < 4.78 is 1.15. The first kappa shape index (κ1) is 14.8. The molecule has 0 aromatic heterocycles. The second-order valence-electron chi connectivity index (χ2n) is 6.44. The van der Waals surface area contributed by atoms with E-state index >= 15 is 0 Å². The highest BCUT2D eigenvalue weighted by molar-refractivity contribution is 9.10. The third-order valence-corrected chi connectivity index (χ3v) is 5.27. The maximum absolute atomic E-state index is 3.53. The van der Waals surface area contributed by atoms with E-state index in [4.69, 9.17) is 0 Å². The van der Waals surface area contributed by atoms with E-state index < -0.39 is 0 Å². The fourth-order valence-corrected chi connectivity index (χ4v) is 3.75. The van der Waals surface area contributed by atoms with Gasteiger partial charge >= 0.3 is 0 Å². The molecule has 1 N–H and O–H groups in total. The van der Waals surface area contributed by atoms with E-state index in [0.717, 1.165) is 24.0 Å². The standard InChI is InChI=1S/C19H22BrN/c1-13-8-14(2)18(15(3)9-13)10-19(11-21-12-19)16-4-6-17(20)7-5-16/h4-9,21H,10-12H2,1-3H3. The molecule has 0 spiro atoms. The Morgan fingerprint density at radius 2 is 1.57 bits per heavy atom. The van der Waals surface area contributed by atoms with Crippen molar-refractivity contribution < 1.29 is 0 Å². The molecule has 2 aromatic rings. The number of halogens is 1. The van der Waals surface area contributed by atoms with Gasteiger partial charge in [-0.3, -0.25) is 0 Å². The molecule has 110 valence electrons. The van der Waals surface area contributed by atoms with Gasteiger partial charge in [-0.2, -0.15) is 0 Å². The minimum absolute atomic E-state index is 0.255. The molecule has 0 radical (unpaired) electrons. The van der Waals surface area contributed by atoms with Crippen LogP contribution >= 0.6 is 15.9 Å². The lowest BCUT2D eigenvalue weighted by Crippen LogP contribution is -2.58. The summed E-state index contributed by atoms with van der Waals surface area (Å²) in [4.78, 5) is 0. The van der Waals surface area contributed by atoms with Gasteiger partial charge in [0.05, 0.1) is 0 Å². The van der Waals surface area contributed by atoms with Crippen LogP contribution < -0.4 is 5.32 Å². The first-order valence-corrected chi connectivity index (χ1v) is 8.33. The molecule has 1 aliphatic heterocycles. The number of rotatable bonds is 3. The van der Waals surface area contributed by atoms with Crippen molar-refractivity contribution in [3.05, 3.63) is 68.7 Å². The van der Waals surface area contributed by atoms with Crippen LogP contribution in [0.4, 0.5) is 0 Å². The topological polar surface area (TPSA) is 12.0 Å². The second kappa shape index (κ2) is 5.58. The van der Waals surface area contributed by atoms with Crippen LogP contribution in [0.1, 0.15) is 27.8 Å². The number of hydrogen-bond acceptors (Lipinski definition) is 1. The molecular weight excluding hydrogens is 322 g/mol. The van der Waals surface area contributed by atoms with Crippen molar-refractivity contribution in [2.45, 2.75) is 32.6 Å². The molecule has 0 atom stereocenters. The molecule has 2 aromatic carbocycles. The highest BCUT2D eigenvalue weighted by Crippen LogP contribution is 2.35. The predicted octanol–water partition coefficient (Wildman–Crippen LogP) is 4.46. The van der Waals surface area contributed by atoms with E-state index in [2.05, 4.69) is 78.4 Å². The van der Waals surface area contributed by atoms with Gasteiger partial charge in [0.2, 0.25) is 0 Å². The molecule has 21 heavy (non-hydrogen) atoms. The maximum Gasteiger partial charge on any atom is 0.0243 e. The van der Waals surface area contributed by atoms with Gasteiger partial charge in [-0.25, -0.2) is 0 Å². The first-order valence-electron chi connectivity index (χ1n) is 7.54. The molecule has 0 saturated carbocycles. The lowest BCUT2D eigenvalue weighted by Gasteiger charge is -2.44. The lowest BCUT2D eigenvalue weighted by atomic mass is 9.70. The van der Waals surface area contributed by atoms with Crippen LogP contribution in [0.2, 0.25) is 0 Å². The molecule has 0 aliphatic carbocycles. The maximum atomic E-state index is 3.53. The number of aryl methyl sites for hydroxylation is 3. The predicted molar refractivity (Wildman–Crippen MR) is 93.0 cm³/mol. The van der Waals surface area contributed by atoms with Crippen molar-refractivity contribution >= 4 is 15.9 Å². The van der Waals surface area contributed by atoms with Gasteiger partial charge in [-0.15, -0.1) is 0 Å². The van der Waals surface area contributed by atoms with Crippen LogP contribution in [0, 0.1) is 20.8 Å². The van der Waals surface area contributed by atoms with Crippen LogP contribution in [0.25, 0.3) is 0 Å². The van der Waals surface area contributed by atoms with E-state index in [0.29, 0.717) is 0 Å². The Kier molecular flexibility index (Phi) is 3.94. The highest BCUT2D eigenvalue weighted by atomic mass is 79.9. The van der Waals surface area contributed by atoms with Crippen molar-refractivity contribution in [2.24, 2.45) is 0 Å². The van der Waals surface area contributed by atoms with E-state index in [-0.39, 0.29) is 5.41 Å².